The number of carboxylic acid groups (broad SMARTS) is 1. The van der Waals surface area contributed by atoms with Crippen LogP contribution in [0.1, 0.15) is 29.6 Å². The molecule has 1 N–H and O–H groups in total. The first kappa shape index (κ1) is 14.7. The van der Waals surface area contributed by atoms with E-state index in [1.807, 2.05) is 0 Å². The lowest BCUT2D eigenvalue weighted by Crippen LogP contribution is -2.26. The quantitative estimate of drug-likeness (QED) is 0.865. The number of aromatic carboxylic acids is 1. The monoisotopic (exact) mass is 279 g/mol. The van der Waals surface area contributed by atoms with Crippen molar-refractivity contribution in [3.8, 4) is 11.5 Å². The molecule has 0 aliphatic carbocycles. The summed E-state index contributed by atoms with van der Waals surface area (Å²) in [6.45, 7) is 1.65. The van der Waals surface area contributed by atoms with Crippen LogP contribution in [-0.4, -0.2) is 49.3 Å². The minimum Gasteiger partial charge on any atom is -0.497 e. The summed E-state index contributed by atoms with van der Waals surface area (Å²) < 4.78 is 10.8. The van der Waals surface area contributed by atoms with E-state index in [4.69, 9.17) is 14.6 Å². The molecule has 1 saturated heterocycles. The Kier molecular flexibility index (Phi) is 4.84. The minimum atomic E-state index is -0.986. The van der Waals surface area contributed by atoms with Crippen molar-refractivity contribution >= 4 is 5.97 Å². The number of carbonyl (C=O) groups is 1. The molecule has 0 radical (unpaired) electrons. The fraction of sp³-hybridized carbons (Fsp3) is 0.533. The van der Waals surface area contributed by atoms with Gasteiger partial charge >= 0.3 is 5.97 Å². The molecule has 0 bridgehead atoms. The Morgan fingerprint density at radius 3 is 2.90 bits per heavy atom. The van der Waals surface area contributed by atoms with Crippen molar-refractivity contribution in [2.75, 3.05) is 27.3 Å². The number of benzene rings is 1. The van der Waals surface area contributed by atoms with E-state index < -0.39 is 5.97 Å². The summed E-state index contributed by atoms with van der Waals surface area (Å²) in [5.41, 5.74) is 0.172. The molecular weight excluding hydrogens is 258 g/mol. The summed E-state index contributed by atoms with van der Waals surface area (Å²) >= 11 is 0. The number of ether oxygens (including phenoxy) is 2. The fourth-order valence-corrected chi connectivity index (χ4v) is 2.57. The van der Waals surface area contributed by atoms with Crippen molar-refractivity contribution < 1.29 is 19.4 Å². The molecule has 1 unspecified atom stereocenters. The summed E-state index contributed by atoms with van der Waals surface area (Å²) in [6, 6.07) is 5.30. The Labute approximate surface area is 119 Å². The maximum absolute atomic E-state index is 11.2. The summed E-state index contributed by atoms with van der Waals surface area (Å²) in [6.07, 6.45) is 3.32. The Morgan fingerprint density at radius 2 is 2.30 bits per heavy atom. The van der Waals surface area contributed by atoms with Crippen LogP contribution in [0.3, 0.4) is 0 Å². The normalized spacial score (nSPS) is 19.0. The van der Waals surface area contributed by atoms with Crippen molar-refractivity contribution in [1.82, 2.24) is 4.90 Å². The van der Waals surface area contributed by atoms with E-state index in [2.05, 4.69) is 11.9 Å². The second-order valence-corrected chi connectivity index (χ2v) is 5.08. The van der Waals surface area contributed by atoms with E-state index in [1.54, 1.807) is 19.2 Å². The third-order valence-corrected chi connectivity index (χ3v) is 3.80. The van der Waals surface area contributed by atoms with Crippen molar-refractivity contribution in [2.24, 2.45) is 0 Å². The second-order valence-electron chi connectivity index (χ2n) is 5.08. The van der Waals surface area contributed by atoms with E-state index in [0.717, 1.165) is 13.0 Å². The van der Waals surface area contributed by atoms with Gasteiger partial charge in [0.25, 0.3) is 0 Å². The molecule has 0 aromatic heterocycles. The van der Waals surface area contributed by atoms with E-state index in [1.165, 1.54) is 18.9 Å². The van der Waals surface area contributed by atoms with Crippen LogP contribution in [0, 0.1) is 0 Å². The van der Waals surface area contributed by atoms with Crippen LogP contribution in [0.5, 0.6) is 11.5 Å². The molecule has 1 aromatic rings. The van der Waals surface area contributed by atoms with Gasteiger partial charge in [-0.15, -0.1) is 0 Å². The van der Waals surface area contributed by atoms with Crippen LogP contribution in [-0.2, 0) is 0 Å². The summed E-state index contributed by atoms with van der Waals surface area (Å²) in [7, 11) is 3.67. The third kappa shape index (κ3) is 3.42. The zero-order valence-electron chi connectivity index (χ0n) is 12.0. The lowest BCUT2D eigenvalue weighted by Gasteiger charge is -2.19. The zero-order valence-corrected chi connectivity index (χ0v) is 12.0. The maximum Gasteiger partial charge on any atom is 0.339 e. The number of carboxylic acids is 1. The van der Waals surface area contributed by atoms with E-state index >= 15 is 0 Å². The first-order valence-corrected chi connectivity index (χ1v) is 6.86. The highest BCUT2D eigenvalue weighted by Gasteiger charge is 2.21. The zero-order chi connectivity index (χ0) is 14.5. The number of rotatable bonds is 6. The van der Waals surface area contributed by atoms with E-state index in [9.17, 15) is 4.79 Å². The molecule has 5 heteroatoms. The first-order valence-electron chi connectivity index (χ1n) is 6.86. The predicted molar refractivity (Wildman–Crippen MR) is 75.7 cm³/mol. The number of nitrogens with zero attached hydrogens (tertiary/aromatic N) is 1. The fourth-order valence-electron chi connectivity index (χ4n) is 2.57. The second kappa shape index (κ2) is 6.61. The van der Waals surface area contributed by atoms with Crippen LogP contribution in [0.2, 0.25) is 0 Å². The molecule has 1 aromatic carbocycles. The summed E-state index contributed by atoms with van der Waals surface area (Å²) in [4.78, 5) is 13.5. The lowest BCUT2D eigenvalue weighted by atomic mass is 10.1. The molecule has 110 valence electrons. The van der Waals surface area contributed by atoms with Gasteiger partial charge in [-0.2, -0.15) is 0 Å². The van der Waals surface area contributed by atoms with Gasteiger partial charge in [-0.1, -0.05) is 0 Å². The molecule has 2 rings (SSSR count). The highest BCUT2D eigenvalue weighted by atomic mass is 16.5. The highest BCUT2D eigenvalue weighted by molar-refractivity contribution is 5.91. The van der Waals surface area contributed by atoms with Crippen molar-refractivity contribution in [3.05, 3.63) is 23.8 Å². The van der Waals surface area contributed by atoms with Gasteiger partial charge in [-0.25, -0.2) is 4.79 Å². The van der Waals surface area contributed by atoms with Crippen molar-refractivity contribution in [3.63, 3.8) is 0 Å². The van der Waals surface area contributed by atoms with Crippen molar-refractivity contribution in [2.45, 2.75) is 25.3 Å². The lowest BCUT2D eigenvalue weighted by molar-refractivity contribution is 0.0692. The Balaban J connectivity index is 1.98. The third-order valence-electron chi connectivity index (χ3n) is 3.80. The molecule has 5 nitrogen and oxygen atoms in total. The number of hydrogen-bond donors (Lipinski definition) is 1. The smallest absolute Gasteiger partial charge is 0.339 e. The topological polar surface area (TPSA) is 59.0 Å². The van der Waals surface area contributed by atoms with Crippen molar-refractivity contribution in [1.29, 1.82) is 0 Å². The van der Waals surface area contributed by atoms with Crippen LogP contribution in [0.15, 0.2) is 18.2 Å². The molecular formula is C15H21NO4. The van der Waals surface area contributed by atoms with Gasteiger partial charge < -0.3 is 19.5 Å². The van der Waals surface area contributed by atoms with Gasteiger partial charge in [-0.3, -0.25) is 0 Å². The summed E-state index contributed by atoms with van der Waals surface area (Å²) in [5, 5.41) is 9.15. The molecule has 1 heterocycles. The van der Waals surface area contributed by atoms with E-state index in [0.29, 0.717) is 24.1 Å². The Hall–Kier alpha value is -1.75. The molecule has 1 aliphatic heterocycles. The molecule has 1 atom stereocenters. The van der Waals surface area contributed by atoms with Gasteiger partial charge in [0.2, 0.25) is 0 Å². The highest BCUT2D eigenvalue weighted by Crippen LogP contribution is 2.26. The Bertz CT molecular complexity index is 475. The van der Waals surface area contributed by atoms with Crippen LogP contribution in [0.25, 0.3) is 0 Å². The molecule has 0 spiro atoms. The van der Waals surface area contributed by atoms with Gasteiger partial charge in [0, 0.05) is 12.1 Å². The van der Waals surface area contributed by atoms with Gasteiger partial charge in [-0.05, 0) is 45.0 Å². The molecule has 20 heavy (non-hydrogen) atoms. The standard InChI is InChI=1S/C15H21NO4/c1-16-8-3-4-11(16)7-9-20-14-10-12(19-2)5-6-13(14)15(17)18/h5-6,10-11H,3-4,7-9H2,1-2H3,(H,17,18). The minimum absolute atomic E-state index is 0.172. The largest absolute Gasteiger partial charge is 0.497 e. The molecule has 0 saturated carbocycles. The van der Waals surface area contributed by atoms with Crippen LogP contribution >= 0.6 is 0 Å². The summed E-state index contributed by atoms with van der Waals surface area (Å²) in [5.74, 6) is -0.0129. The predicted octanol–water partition coefficient (Wildman–Crippen LogP) is 2.26. The van der Waals surface area contributed by atoms with Crippen LogP contribution < -0.4 is 9.47 Å². The molecule has 1 aliphatic rings. The van der Waals surface area contributed by atoms with Gasteiger partial charge in [0.05, 0.1) is 13.7 Å². The average molecular weight is 279 g/mol. The first-order chi connectivity index (χ1) is 9.61. The number of hydrogen-bond acceptors (Lipinski definition) is 4. The SMILES string of the molecule is COc1ccc(C(=O)O)c(OCCC2CCCN2C)c1. The average Bonchev–Trinajstić information content (AvgIpc) is 2.84. The number of methoxy groups -OCH3 is 1. The molecule has 0 amide bonds. The number of likely N-dealkylation sites (tertiary alicyclic amines) is 1. The van der Waals surface area contributed by atoms with Gasteiger partial charge in [0.15, 0.2) is 0 Å². The van der Waals surface area contributed by atoms with Gasteiger partial charge in [0.1, 0.15) is 17.1 Å². The Morgan fingerprint density at radius 1 is 1.50 bits per heavy atom. The maximum atomic E-state index is 11.2. The van der Waals surface area contributed by atoms with Crippen LogP contribution in [0.4, 0.5) is 0 Å². The van der Waals surface area contributed by atoms with E-state index in [-0.39, 0.29) is 5.56 Å². The molecule has 1 fully saturated rings.